The number of carbonyl (C=O) groups is 2. The van der Waals surface area contributed by atoms with E-state index in [0.29, 0.717) is 6.54 Å². The van der Waals surface area contributed by atoms with Crippen LogP contribution in [-0.4, -0.2) is 68.2 Å². The Morgan fingerprint density at radius 2 is 2.22 bits per heavy atom. The summed E-state index contributed by atoms with van der Waals surface area (Å²) in [6.45, 7) is 7.60. The van der Waals surface area contributed by atoms with E-state index in [0.717, 1.165) is 39.0 Å². The van der Waals surface area contributed by atoms with Gasteiger partial charge >= 0.3 is 6.03 Å². The van der Waals surface area contributed by atoms with Gasteiger partial charge in [0.2, 0.25) is 0 Å². The van der Waals surface area contributed by atoms with E-state index in [1.54, 1.807) is 6.33 Å². The van der Waals surface area contributed by atoms with Crippen LogP contribution in [-0.2, 0) is 11.3 Å². The molecule has 3 rings (SSSR count). The molecule has 8 nitrogen and oxygen atoms in total. The molecule has 2 saturated heterocycles. The van der Waals surface area contributed by atoms with Crippen molar-refractivity contribution in [3.8, 4) is 0 Å². The minimum Gasteiger partial charge on any atom is -0.323 e. The molecule has 0 spiro atoms. The van der Waals surface area contributed by atoms with E-state index in [9.17, 15) is 9.59 Å². The number of urea groups is 1. The van der Waals surface area contributed by atoms with Gasteiger partial charge in [-0.2, -0.15) is 5.10 Å². The third-order valence-electron chi connectivity index (χ3n) is 5.05. The number of likely N-dealkylation sites (N-methyl/N-ethyl adjacent to an activating group) is 1. The van der Waals surface area contributed by atoms with Gasteiger partial charge in [0.05, 0.1) is 6.54 Å². The zero-order valence-electron chi connectivity index (χ0n) is 13.7. The minimum atomic E-state index is -0.779. The molecule has 23 heavy (non-hydrogen) atoms. The van der Waals surface area contributed by atoms with Crippen LogP contribution in [0, 0.1) is 5.92 Å². The number of nitrogens with zero attached hydrogens (tertiary/aromatic N) is 5. The Balaban J connectivity index is 1.64. The van der Waals surface area contributed by atoms with Crippen LogP contribution in [0.15, 0.2) is 12.7 Å². The molecule has 0 aromatic carbocycles. The number of hydrogen-bond acceptors (Lipinski definition) is 5. The summed E-state index contributed by atoms with van der Waals surface area (Å²) >= 11 is 0. The van der Waals surface area contributed by atoms with Crippen molar-refractivity contribution in [3.05, 3.63) is 12.7 Å². The second-order valence-electron chi connectivity index (χ2n) is 6.48. The number of amides is 3. The number of nitrogens with one attached hydrogen (secondary N) is 1. The molecule has 0 saturated carbocycles. The first-order valence-electron chi connectivity index (χ1n) is 8.23. The van der Waals surface area contributed by atoms with Gasteiger partial charge in [0, 0.05) is 25.6 Å². The first-order valence-corrected chi connectivity index (χ1v) is 8.23. The predicted molar refractivity (Wildman–Crippen MR) is 83.5 cm³/mol. The van der Waals surface area contributed by atoms with E-state index < -0.39 is 5.54 Å². The van der Waals surface area contributed by atoms with Crippen LogP contribution in [0.3, 0.4) is 0 Å². The summed E-state index contributed by atoms with van der Waals surface area (Å²) < 4.78 is 1.81. The van der Waals surface area contributed by atoms with Gasteiger partial charge in [-0.3, -0.25) is 14.4 Å². The Kier molecular flexibility index (Phi) is 4.34. The summed E-state index contributed by atoms with van der Waals surface area (Å²) in [4.78, 5) is 32.2. The molecule has 3 heterocycles. The number of piperidine rings is 1. The lowest BCUT2D eigenvalue weighted by Gasteiger charge is -2.39. The number of imide groups is 1. The second-order valence-corrected chi connectivity index (χ2v) is 6.48. The van der Waals surface area contributed by atoms with Crippen LogP contribution in [0.2, 0.25) is 0 Å². The van der Waals surface area contributed by atoms with Crippen molar-refractivity contribution < 1.29 is 9.59 Å². The van der Waals surface area contributed by atoms with Crippen molar-refractivity contribution in [3.63, 3.8) is 0 Å². The van der Waals surface area contributed by atoms with E-state index in [4.69, 9.17) is 0 Å². The molecule has 2 fully saturated rings. The molecule has 1 N–H and O–H groups in total. The number of carbonyl (C=O) groups excluding carboxylic acids is 2. The molecule has 2 atom stereocenters. The molecule has 8 heteroatoms. The third-order valence-corrected chi connectivity index (χ3v) is 5.05. The van der Waals surface area contributed by atoms with Crippen LogP contribution < -0.4 is 5.32 Å². The quantitative estimate of drug-likeness (QED) is 0.790. The molecule has 2 aliphatic rings. The highest BCUT2D eigenvalue weighted by atomic mass is 16.2. The Morgan fingerprint density at radius 1 is 1.39 bits per heavy atom. The van der Waals surface area contributed by atoms with E-state index in [2.05, 4.69) is 20.3 Å². The summed E-state index contributed by atoms with van der Waals surface area (Å²) in [6.07, 6.45) is 5.24. The third kappa shape index (κ3) is 2.95. The van der Waals surface area contributed by atoms with Gasteiger partial charge in [-0.15, -0.1) is 0 Å². The molecule has 0 aliphatic carbocycles. The number of hydrogen-bond donors (Lipinski definition) is 1. The molecular weight excluding hydrogens is 296 g/mol. The van der Waals surface area contributed by atoms with Crippen LogP contribution in [0.4, 0.5) is 4.79 Å². The van der Waals surface area contributed by atoms with Crippen LogP contribution in [0.25, 0.3) is 0 Å². The Bertz CT molecular complexity index is 575. The van der Waals surface area contributed by atoms with Gasteiger partial charge in [-0.25, -0.2) is 9.78 Å². The van der Waals surface area contributed by atoms with E-state index in [1.165, 1.54) is 11.2 Å². The number of likely N-dealkylation sites (tertiary alicyclic amines) is 1. The summed E-state index contributed by atoms with van der Waals surface area (Å²) in [6, 6.07) is -0.264. The SMILES string of the molecule is CCN1C(=O)NC(C)(C2CCCN(CCn3cncn3)C2)C1=O. The fourth-order valence-corrected chi connectivity index (χ4v) is 3.60. The molecule has 126 valence electrons. The van der Waals surface area contributed by atoms with E-state index in [-0.39, 0.29) is 17.9 Å². The van der Waals surface area contributed by atoms with Crippen molar-refractivity contribution in [1.82, 2.24) is 29.9 Å². The first kappa shape index (κ1) is 15.9. The van der Waals surface area contributed by atoms with Crippen molar-refractivity contribution >= 4 is 11.9 Å². The monoisotopic (exact) mass is 320 g/mol. The Labute approximate surface area is 135 Å². The van der Waals surface area contributed by atoms with Gasteiger partial charge in [-0.05, 0) is 33.2 Å². The highest BCUT2D eigenvalue weighted by Crippen LogP contribution is 2.32. The smallest absolute Gasteiger partial charge is 0.323 e. The summed E-state index contributed by atoms with van der Waals surface area (Å²) in [5.41, 5.74) is -0.779. The fourth-order valence-electron chi connectivity index (χ4n) is 3.60. The van der Waals surface area contributed by atoms with Crippen LogP contribution in [0.5, 0.6) is 0 Å². The van der Waals surface area contributed by atoms with Gasteiger partial charge in [-0.1, -0.05) is 0 Å². The maximum Gasteiger partial charge on any atom is 0.325 e. The highest BCUT2D eigenvalue weighted by molar-refractivity contribution is 6.07. The predicted octanol–water partition coefficient (Wildman–Crippen LogP) is 0.320. The lowest BCUT2D eigenvalue weighted by atomic mass is 9.80. The highest BCUT2D eigenvalue weighted by Gasteiger charge is 2.52. The summed E-state index contributed by atoms with van der Waals surface area (Å²) in [5.74, 6) is 0.0492. The average Bonchev–Trinajstić information content (AvgIpc) is 3.14. The summed E-state index contributed by atoms with van der Waals surface area (Å²) in [5, 5.41) is 7.04. The molecular formula is C15H24N6O2. The molecule has 0 radical (unpaired) electrons. The molecule has 3 amide bonds. The van der Waals surface area contributed by atoms with Gasteiger partial charge in [0.15, 0.2) is 0 Å². The average molecular weight is 320 g/mol. The number of aromatic nitrogens is 3. The molecule has 1 aromatic heterocycles. The first-order chi connectivity index (χ1) is 11.0. The maximum absolute atomic E-state index is 12.6. The molecule has 2 unspecified atom stereocenters. The summed E-state index contributed by atoms with van der Waals surface area (Å²) in [7, 11) is 0. The van der Waals surface area contributed by atoms with Crippen molar-refractivity contribution in [2.45, 2.75) is 38.8 Å². The number of rotatable bonds is 5. The van der Waals surface area contributed by atoms with Crippen LogP contribution >= 0.6 is 0 Å². The molecule has 2 aliphatic heterocycles. The molecule has 1 aromatic rings. The second kappa shape index (κ2) is 6.27. The van der Waals surface area contributed by atoms with Crippen molar-refractivity contribution in [2.24, 2.45) is 5.92 Å². The van der Waals surface area contributed by atoms with Gasteiger partial charge in [0.1, 0.15) is 18.2 Å². The van der Waals surface area contributed by atoms with E-state index >= 15 is 0 Å². The minimum absolute atomic E-state index is 0.0897. The fraction of sp³-hybridized carbons (Fsp3) is 0.733. The lowest BCUT2D eigenvalue weighted by molar-refractivity contribution is -0.133. The zero-order valence-corrected chi connectivity index (χ0v) is 13.7. The maximum atomic E-state index is 12.6. The van der Waals surface area contributed by atoms with Gasteiger partial charge in [0.25, 0.3) is 5.91 Å². The van der Waals surface area contributed by atoms with Crippen molar-refractivity contribution in [1.29, 1.82) is 0 Å². The Morgan fingerprint density at radius 3 is 2.87 bits per heavy atom. The lowest BCUT2D eigenvalue weighted by Crippen LogP contribution is -2.56. The zero-order chi connectivity index (χ0) is 16.4. The van der Waals surface area contributed by atoms with Crippen molar-refractivity contribution in [2.75, 3.05) is 26.2 Å². The standard InChI is InChI=1S/C15H24N6O2/c1-3-21-13(22)15(2,18-14(21)23)12-5-4-6-19(9-12)7-8-20-11-16-10-17-20/h10-12H,3-9H2,1-2H3,(H,18,23). The van der Waals surface area contributed by atoms with E-state index in [1.807, 2.05) is 18.5 Å². The van der Waals surface area contributed by atoms with Gasteiger partial charge < -0.3 is 10.2 Å². The normalized spacial score (nSPS) is 29.1. The van der Waals surface area contributed by atoms with Crippen LogP contribution in [0.1, 0.15) is 26.7 Å². The molecule has 0 bridgehead atoms. The Hall–Kier alpha value is -1.96. The topological polar surface area (TPSA) is 83.4 Å². The largest absolute Gasteiger partial charge is 0.325 e.